The van der Waals surface area contributed by atoms with Crippen LogP contribution in [-0.4, -0.2) is 6.11 Å². The molecule has 3 rings (SSSR count). The van der Waals surface area contributed by atoms with E-state index in [0.717, 1.165) is 24.3 Å². The molecule has 3 heteroatoms. The van der Waals surface area contributed by atoms with E-state index in [1.807, 2.05) is 52.8 Å². The molecule has 0 amide bonds. The van der Waals surface area contributed by atoms with Crippen LogP contribution in [0.2, 0.25) is 0 Å². The molecule has 0 bridgehead atoms. The lowest BCUT2D eigenvalue weighted by atomic mass is 9.77. The number of allylic oxidation sites excluding steroid dienone is 9. The van der Waals surface area contributed by atoms with Crippen LogP contribution in [0.4, 0.5) is 8.78 Å². The molecule has 0 aromatic heterocycles. The highest BCUT2D eigenvalue weighted by atomic mass is 19.3. The molecule has 0 N–H and O–H groups in total. The number of rotatable bonds is 4. The van der Waals surface area contributed by atoms with Gasteiger partial charge in [-0.1, -0.05) is 83.4 Å². The molecule has 0 unspecified atom stereocenters. The lowest BCUT2D eigenvalue weighted by molar-refractivity contribution is -0.177. The Bertz CT molecular complexity index is 838. The third-order valence-corrected chi connectivity index (χ3v) is 6.22. The number of halogens is 2. The van der Waals surface area contributed by atoms with Gasteiger partial charge in [-0.15, -0.1) is 0 Å². The van der Waals surface area contributed by atoms with Gasteiger partial charge in [0.1, 0.15) is 5.76 Å². The van der Waals surface area contributed by atoms with E-state index in [9.17, 15) is 0 Å². The van der Waals surface area contributed by atoms with Gasteiger partial charge < -0.3 is 4.74 Å². The van der Waals surface area contributed by atoms with E-state index in [2.05, 4.69) is 13.0 Å². The van der Waals surface area contributed by atoms with Gasteiger partial charge in [0.05, 0.1) is 5.57 Å². The zero-order valence-corrected chi connectivity index (χ0v) is 19.3. The van der Waals surface area contributed by atoms with Crippen molar-refractivity contribution in [1.29, 1.82) is 0 Å². The Hall–Kier alpha value is -1.90. The normalized spacial score (nSPS) is 28.5. The van der Waals surface area contributed by atoms with Crippen molar-refractivity contribution in [3.05, 3.63) is 71.1 Å². The standard InChI is InChI=1S/C27H36F2O/c1-19-7-10-21(11-8-19)22-12-13-23(17-26(5,6)16-22)27(28,29)30-24-14-9-20(2)15-25(3,4)18-24/h9,12-19,21H,7-8,10-11H2,1-6H3. The molecule has 1 fully saturated rings. The van der Waals surface area contributed by atoms with E-state index < -0.39 is 11.5 Å². The molecule has 0 aromatic carbocycles. The van der Waals surface area contributed by atoms with Crippen LogP contribution < -0.4 is 0 Å². The summed E-state index contributed by atoms with van der Waals surface area (Å²) in [6.07, 6.45) is 15.8. The van der Waals surface area contributed by atoms with Gasteiger partial charge in [-0.05, 0) is 55.4 Å². The van der Waals surface area contributed by atoms with Gasteiger partial charge in [0.25, 0.3) is 0 Å². The zero-order chi connectivity index (χ0) is 22.2. The Balaban J connectivity index is 1.83. The maximum Gasteiger partial charge on any atom is 0.426 e. The largest absolute Gasteiger partial charge is 0.429 e. The topological polar surface area (TPSA) is 9.23 Å². The molecule has 3 aliphatic carbocycles. The average Bonchev–Trinajstić information content (AvgIpc) is 2.85. The van der Waals surface area contributed by atoms with Crippen LogP contribution in [0.5, 0.6) is 0 Å². The van der Waals surface area contributed by atoms with Crippen molar-refractivity contribution in [2.24, 2.45) is 22.7 Å². The van der Waals surface area contributed by atoms with Crippen LogP contribution in [0.25, 0.3) is 0 Å². The first-order valence-electron chi connectivity index (χ1n) is 11.2. The van der Waals surface area contributed by atoms with Crippen LogP contribution in [0.1, 0.15) is 67.2 Å². The summed E-state index contributed by atoms with van der Waals surface area (Å²) in [4.78, 5) is 0. The van der Waals surface area contributed by atoms with E-state index in [1.54, 1.807) is 24.3 Å². The predicted octanol–water partition coefficient (Wildman–Crippen LogP) is 8.30. The number of ether oxygens (including phenoxy) is 1. The molecule has 0 radical (unpaired) electrons. The Morgan fingerprint density at radius 2 is 1.47 bits per heavy atom. The van der Waals surface area contributed by atoms with Gasteiger partial charge in [0.15, 0.2) is 0 Å². The second-order valence-electron chi connectivity index (χ2n) is 10.6. The van der Waals surface area contributed by atoms with Gasteiger partial charge in [0, 0.05) is 10.8 Å². The van der Waals surface area contributed by atoms with Gasteiger partial charge in [-0.25, -0.2) is 0 Å². The fraction of sp³-hybridized carbons (Fsp3) is 0.556. The molecule has 0 saturated heterocycles. The van der Waals surface area contributed by atoms with Gasteiger partial charge >= 0.3 is 6.11 Å². The van der Waals surface area contributed by atoms with E-state index in [4.69, 9.17) is 4.74 Å². The Labute approximate surface area is 181 Å². The van der Waals surface area contributed by atoms with Crippen LogP contribution >= 0.6 is 0 Å². The summed E-state index contributed by atoms with van der Waals surface area (Å²) in [7, 11) is 0. The summed E-state index contributed by atoms with van der Waals surface area (Å²) in [6, 6.07) is 0. The minimum Gasteiger partial charge on any atom is -0.429 e. The molecule has 0 atom stereocenters. The molecule has 30 heavy (non-hydrogen) atoms. The second-order valence-corrected chi connectivity index (χ2v) is 10.6. The first kappa shape index (κ1) is 22.8. The molecular weight excluding hydrogens is 378 g/mol. The molecule has 0 aliphatic heterocycles. The summed E-state index contributed by atoms with van der Waals surface area (Å²) in [5.74, 6) is 1.42. The fourth-order valence-electron chi connectivity index (χ4n) is 4.76. The SMILES string of the molecule is CC1=CC(C)(C)C=C(OC(F)(F)C2=CC(C)(C)C=C(C3CCC(C)CC3)C=C2)C=C1. The minimum atomic E-state index is -3.40. The number of alkyl halides is 2. The Kier molecular flexibility index (Phi) is 6.32. The van der Waals surface area contributed by atoms with Crippen molar-refractivity contribution in [3.63, 3.8) is 0 Å². The molecule has 0 heterocycles. The molecular formula is C27H36F2O. The summed E-state index contributed by atoms with van der Waals surface area (Å²) in [5, 5.41) is 0. The quantitative estimate of drug-likeness (QED) is 0.449. The first-order valence-corrected chi connectivity index (χ1v) is 11.2. The first-order chi connectivity index (χ1) is 13.9. The number of hydrogen-bond acceptors (Lipinski definition) is 1. The van der Waals surface area contributed by atoms with Crippen molar-refractivity contribution in [3.8, 4) is 0 Å². The molecule has 0 spiro atoms. The van der Waals surface area contributed by atoms with Crippen LogP contribution in [-0.2, 0) is 4.74 Å². The molecule has 164 valence electrons. The summed E-state index contributed by atoms with van der Waals surface area (Å²) in [6.45, 7) is 12.2. The highest BCUT2D eigenvalue weighted by Crippen LogP contribution is 2.41. The predicted molar refractivity (Wildman–Crippen MR) is 121 cm³/mol. The highest BCUT2D eigenvalue weighted by Gasteiger charge is 2.39. The molecule has 0 aromatic rings. The van der Waals surface area contributed by atoms with Crippen LogP contribution in [0.15, 0.2) is 71.1 Å². The fourth-order valence-corrected chi connectivity index (χ4v) is 4.76. The third kappa shape index (κ3) is 5.83. The monoisotopic (exact) mass is 414 g/mol. The Morgan fingerprint density at radius 1 is 0.833 bits per heavy atom. The van der Waals surface area contributed by atoms with Crippen LogP contribution in [0, 0.1) is 22.7 Å². The van der Waals surface area contributed by atoms with Crippen molar-refractivity contribution < 1.29 is 13.5 Å². The zero-order valence-electron chi connectivity index (χ0n) is 19.3. The lowest BCUT2D eigenvalue weighted by Crippen LogP contribution is -2.24. The van der Waals surface area contributed by atoms with E-state index in [0.29, 0.717) is 5.92 Å². The van der Waals surface area contributed by atoms with Crippen molar-refractivity contribution in [2.45, 2.75) is 73.3 Å². The van der Waals surface area contributed by atoms with Gasteiger partial charge in [-0.3, -0.25) is 0 Å². The molecule has 1 nitrogen and oxygen atoms in total. The minimum absolute atomic E-state index is 0.0797. The maximum absolute atomic E-state index is 15.3. The average molecular weight is 415 g/mol. The summed E-state index contributed by atoms with van der Waals surface area (Å²) in [5.41, 5.74) is 1.32. The molecule has 3 aliphatic rings. The number of hydrogen-bond donors (Lipinski definition) is 0. The summed E-state index contributed by atoms with van der Waals surface area (Å²) < 4.78 is 35.8. The van der Waals surface area contributed by atoms with Crippen LogP contribution in [0.3, 0.4) is 0 Å². The Morgan fingerprint density at radius 3 is 2.13 bits per heavy atom. The smallest absolute Gasteiger partial charge is 0.426 e. The molecule has 1 saturated carbocycles. The second kappa shape index (κ2) is 8.32. The lowest BCUT2D eigenvalue weighted by Gasteiger charge is -2.28. The van der Waals surface area contributed by atoms with E-state index in [-0.39, 0.29) is 16.7 Å². The van der Waals surface area contributed by atoms with Crippen molar-refractivity contribution in [2.75, 3.05) is 0 Å². The third-order valence-electron chi connectivity index (χ3n) is 6.22. The van der Waals surface area contributed by atoms with Crippen molar-refractivity contribution in [1.82, 2.24) is 0 Å². The maximum atomic E-state index is 15.3. The van der Waals surface area contributed by atoms with Gasteiger partial charge in [0.2, 0.25) is 0 Å². The summed E-state index contributed by atoms with van der Waals surface area (Å²) >= 11 is 0. The highest BCUT2D eigenvalue weighted by molar-refractivity contribution is 5.40. The van der Waals surface area contributed by atoms with Crippen molar-refractivity contribution >= 4 is 0 Å². The van der Waals surface area contributed by atoms with E-state index in [1.165, 1.54) is 18.4 Å². The van der Waals surface area contributed by atoms with Gasteiger partial charge in [-0.2, -0.15) is 8.78 Å². The van der Waals surface area contributed by atoms with E-state index >= 15 is 8.78 Å².